The maximum atomic E-state index is 11.4. The second-order valence-corrected chi connectivity index (χ2v) is 3.75. The van der Waals surface area contributed by atoms with Gasteiger partial charge in [0.15, 0.2) is 12.7 Å². The Morgan fingerprint density at radius 1 is 1.37 bits per heavy atom. The van der Waals surface area contributed by atoms with Crippen molar-refractivity contribution in [2.24, 2.45) is 0 Å². The van der Waals surface area contributed by atoms with Crippen LogP contribution in [0.3, 0.4) is 0 Å². The minimum Gasteiger partial charge on any atom is -0.482 e. The Morgan fingerprint density at radius 2 is 2.11 bits per heavy atom. The van der Waals surface area contributed by atoms with E-state index in [4.69, 9.17) is 19.9 Å². The number of hydrogen-bond donors (Lipinski definition) is 1. The molecule has 1 unspecified atom stereocenters. The first-order chi connectivity index (χ1) is 9.02. The van der Waals surface area contributed by atoms with Gasteiger partial charge in [-0.2, -0.15) is 0 Å². The number of nitrogens with two attached hydrogens (primary N) is 1. The number of carbonyl (C=O) groups is 2. The third-order valence-electron chi connectivity index (χ3n) is 2.14. The van der Waals surface area contributed by atoms with Crippen LogP contribution in [0.25, 0.3) is 0 Å². The average molecular weight is 267 g/mol. The van der Waals surface area contributed by atoms with E-state index in [1.165, 1.54) is 6.92 Å². The van der Waals surface area contributed by atoms with Gasteiger partial charge in [0.2, 0.25) is 0 Å². The highest BCUT2D eigenvalue weighted by atomic mass is 16.6. The molecule has 0 heterocycles. The number of esters is 2. The lowest BCUT2D eigenvalue weighted by molar-refractivity contribution is -0.167. The third-order valence-corrected chi connectivity index (χ3v) is 2.14. The second-order valence-electron chi connectivity index (χ2n) is 3.75. The summed E-state index contributed by atoms with van der Waals surface area (Å²) < 4.78 is 14.7. The highest BCUT2D eigenvalue weighted by molar-refractivity contribution is 5.79. The first-order valence-electron chi connectivity index (χ1n) is 5.87. The fourth-order valence-electron chi connectivity index (χ4n) is 1.29. The summed E-state index contributed by atoms with van der Waals surface area (Å²) in [7, 11) is 0. The SMILES string of the molecule is CCOC(=O)C(C)OC(=O)COc1cccc(N)c1. The quantitative estimate of drug-likeness (QED) is 0.614. The van der Waals surface area contributed by atoms with Gasteiger partial charge in [0.1, 0.15) is 5.75 Å². The molecule has 1 rings (SSSR count). The number of ether oxygens (including phenoxy) is 3. The summed E-state index contributed by atoms with van der Waals surface area (Å²) in [5.74, 6) is -0.775. The van der Waals surface area contributed by atoms with Crippen molar-refractivity contribution in [3.63, 3.8) is 0 Å². The summed E-state index contributed by atoms with van der Waals surface area (Å²) >= 11 is 0. The van der Waals surface area contributed by atoms with Crippen molar-refractivity contribution in [3.05, 3.63) is 24.3 Å². The van der Waals surface area contributed by atoms with E-state index in [-0.39, 0.29) is 13.2 Å². The molecular weight excluding hydrogens is 250 g/mol. The topological polar surface area (TPSA) is 87.8 Å². The molecule has 0 amide bonds. The summed E-state index contributed by atoms with van der Waals surface area (Å²) in [5.41, 5.74) is 6.09. The molecule has 6 nitrogen and oxygen atoms in total. The van der Waals surface area contributed by atoms with Gasteiger partial charge in [0.25, 0.3) is 0 Å². The van der Waals surface area contributed by atoms with E-state index in [1.54, 1.807) is 31.2 Å². The predicted molar refractivity (Wildman–Crippen MR) is 68.5 cm³/mol. The molecule has 0 radical (unpaired) electrons. The smallest absolute Gasteiger partial charge is 0.347 e. The predicted octanol–water partition coefficient (Wildman–Crippen LogP) is 1.14. The fraction of sp³-hybridized carbons (Fsp3) is 0.385. The van der Waals surface area contributed by atoms with E-state index >= 15 is 0 Å². The Balaban J connectivity index is 2.37. The van der Waals surface area contributed by atoms with E-state index in [9.17, 15) is 9.59 Å². The molecule has 0 aliphatic heterocycles. The zero-order valence-corrected chi connectivity index (χ0v) is 10.9. The maximum Gasteiger partial charge on any atom is 0.347 e. The highest BCUT2D eigenvalue weighted by Gasteiger charge is 2.18. The summed E-state index contributed by atoms with van der Waals surface area (Å²) in [4.78, 5) is 22.7. The third kappa shape index (κ3) is 5.29. The van der Waals surface area contributed by atoms with Crippen LogP contribution in [-0.2, 0) is 19.1 Å². The molecule has 0 bridgehead atoms. The molecule has 0 saturated heterocycles. The fourth-order valence-corrected chi connectivity index (χ4v) is 1.29. The molecule has 104 valence electrons. The Bertz CT molecular complexity index is 446. The van der Waals surface area contributed by atoms with Crippen molar-refractivity contribution < 1.29 is 23.8 Å². The van der Waals surface area contributed by atoms with Crippen LogP contribution in [0.5, 0.6) is 5.75 Å². The molecule has 0 fully saturated rings. The number of nitrogen functional groups attached to an aromatic ring is 1. The highest BCUT2D eigenvalue weighted by Crippen LogP contribution is 2.14. The molecular formula is C13H17NO5. The summed E-state index contributed by atoms with van der Waals surface area (Å²) in [6.07, 6.45) is -0.947. The molecule has 0 spiro atoms. The van der Waals surface area contributed by atoms with Crippen molar-refractivity contribution >= 4 is 17.6 Å². The zero-order chi connectivity index (χ0) is 14.3. The van der Waals surface area contributed by atoms with Crippen LogP contribution in [0.15, 0.2) is 24.3 Å². The number of carbonyl (C=O) groups excluding carboxylic acids is 2. The van der Waals surface area contributed by atoms with E-state index in [2.05, 4.69) is 0 Å². The van der Waals surface area contributed by atoms with Gasteiger partial charge in [0, 0.05) is 11.8 Å². The standard InChI is InChI=1S/C13H17NO5/c1-3-17-13(16)9(2)19-12(15)8-18-11-6-4-5-10(14)7-11/h4-7,9H,3,8,14H2,1-2H3. The monoisotopic (exact) mass is 267 g/mol. The van der Waals surface area contributed by atoms with Crippen LogP contribution in [0.4, 0.5) is 5.69 Å². The van der Waals surface area contributed by atoms with E-state index in [0.717, 1.165) is 0 Å². The van der Waals surface area contributed by atoms with Crippen LogP contribution in [-0.4, -0.2) is 31.3 Å². The maximum absolute atomic E-state index is 11.4. The van der Waals surface area contributed by atoms with Gasteiger partial charge in [-0.3, -0.25) is 0 Å². The first kappa shape index (κ1) is 14.8. The number of benzene rings is 1. The van der Waals surface area contributed by atoms with Gasteiger partial charge < -0.3 is 19.9 Å². The Morgan fingerprint density at radius 3 is 2.74 bits per heavy atom. The summed E-state index contributed by atoms with van der Waals surface area (Å²) in [5, 5.41) is 0. The van der Waals surface area contributed by atoms with Crippen molar-refractivity contribution in [2.75, 3.05) is 18.9 Å². The molecule has 1 atom stereocenters. The van der Waals surface area contributed by atoms with Crippen molar-refractivity contribution in [1.29, 1.82) is 0 Å². The lowest BCUT2D eigenvalue weighted by atomic mass is 10.3. The van der Waals surface area contributed by atoms with Crippen molar-refractivity contribution in [3.8, 4) is 5.75 Å². The van der Waals surface area contributed by atoms with E-state index in [0.29, 0.717) is 11.4 Å². The molecule has 0 saturated carbocycles. The minimum absolute atomic E-state index is 0.237. The first-order valence-corrected chi connectivity index (χ1v) is 5.87. The summed E-state index contributed by atoms with van der Waals surface area (Å²) in [6.45, 7) is 3.06. The van der Waals surface area contributed by atoms with Gasteiger partial charge >= 0.3 is 11.9 Å². The van der Waals surface area contributed by atoms with Gasteiger partial charge in [-0.25, -0.2) is 9.59 Å². The molecule has 19 heavy (non-hydrogen) atoms. The van der Waals surface area contributed by atoms with E-state index in [1.807, 2.05) is 0 Å². The molecule has 2 N–H and O–H groups in total. The molecule has 0 aromatic heterocycles. The van der Waals surface area contributed by atoms with Gasteiger partial charge in [-0.15, -0.1) is 0 Å². The molecule has 0 aliphatic rings. The van der Waals surface area contributed by atoms with Crippen molar-refractivity contribution in [1.82, 2.24) is 0 Å². The van der Waals surface area contributed by atoms with Crippen molar-refractivity contribution in [2.45, 2.75) is 20.0 Å². The molecule has 0 aliphatic carbocycles. The van der Waals surface area contributed by atoms with Gasteiger partial charge in [0.05, 0.1) is 6.61 Å². The molecule has 6 heteroatoms. The van der Waals surface area contributed by atoms with Crippen LogP contribution >= 0.6 is 0 Å². The molecule has 1 aromatic carbocycles. The average Bonchev–Trinajstić information content (AvgIpc) is 2.36. The van der Waals surface area contributed by atoms with E-state index < -0.39 is 18.0 Å². The second kappa shape index (κ2) is 7.25. The number of anilines is 1. The van der Waals surface area contributed by atoms with Crippen LogP contribution in [0.2, 0.25) is 0 Å². The number of hydrogen-bond acceptors (Lipinski definition) is 6. The van der Waals surface area contributed by atoms with Gasteiger partial charge in [-0.05, 0) is 26.0 Å². The van der Waals surface area contributed by atoms with Gasteiger partial charge in [-0.1, -0.05) is 6.07 Å². The van der Waals surface area contributed by atoms with Crippen LogP contribution in [0, 0.1) is 0 Å². The number of rotatable bonds is 6. The summed E-state index contributed by atoms with van der Waals surface area (Å²) in [6, 6.07) is 6.66. The lowest BCUT2D eigenvalue weighted by Crippen LogP contribution is -2.28. The Kier molecular flexibility index (Phi) is 5.66. The minimum atomic E-state index is -0.947. The normalized spacial score (nSPS) is 11.5. The van der Waals surface area contributed by atoms with Crippen LogP contribution < -0.4 is 10.5 Å². The Labute approximate surface area is 111 Å². The van der Waals surface area contributed by atoms with Crippen LogP contribution in [0.1, 0.15) is 13.8 Å². The largest absolute Gasteiger partial charge is 0.482 e. The Hall–Kier alpha value is -2.24. The lowest BCUT2D eigenvalue weighted by Gasteiger charge is -2.12. The molecule has 1 aromatic rings. The zero-order valence-electron chi connectivity index (χ0n) is 10.9.